The van der Waals surface area contributed by atoms with E-state index in [-0.39, 0.29) is 0 Å². The SMILES string of the molecule is Cc1nc(N2CCC(CN)CC2)ccc1C#N. The highest BCUT2D eigenvalue weighted by Crippen LogP contribution is 2.22. The molecule has 0 bridgehead atoms. The van der Waals surface area contributed by atoms with Gasteiger partial charge in [0.1, 0.15) is 11.9 Å². The number of nitrogens with zero attached hydrogens (tertiary/aromatic N) is 3. The summed E-state index contributed by atoms with van der Waals surface area (Å²) in [5, 5.41) is 8.87. The molecule has 1 aromatic heterocycles. The predicted octanol–water partition coefficient (Wildman–Crippen LogP) is 1.44. The molecule has 0 atom stereocenters. The third kappa shape index (κ3) is 2.56. The second kappa shape index (κ2) is 5.15. The van der Waals surface area contributed by atoms with Crippen molar-refractivity contribution >= 4 is 5.82 Å². The normalized spacial score (nSPS) is 16.9. The first-order chi connectivity index (χ1) is 8.24. The first-order valence-electron chi connectivity index (χ1n) is 6.07. The summed E-state index contributed by atoms with van der Waals surface area (Å²) in [6.07, 6.45) is 2.27. The molecular weight excluding hydrogens is 212 g/mol. The summed E-state index contributed by atoms with van der Waals surface area (Å²) in [6, 6.07) is 5.94. The second-order valence-electron chi connectivity index (χ2n) is 4.58. The van der Waals surface area contributed by atoms with Crippen molar-refractivity contribution in [1.29, 1.82) is 5.26 Å². The number of aryl methyl sites for hydroxylation is 1. The smallest absolute Gasteiger partial charge is 0.128 e. The van der Waals surface area contributed by atoms with Gasteiger partial charge in [0.2, 0.25) is 0 Å². The topological polar surface area (TPSA) is 65.9 Å². The summed E-state index contributed by atoms with van der Waals surface area (Å²) in [4.78, 5) is 6.77. The first kappa shape index (κ1) is 11.9. The number of aromatic nitrogens is 1. The Balaban J connectivity index is 2.09. The quantitative estimate of drug-likeness (QED) is 0.834. The molecule has 1 aliphatic heterocycles. The molecule has 2 heterocycles. The number of nitrogens with two attached hydrogens (primary N) is 1. The number of rotatable bonds is 2. The average molecular weight is 230 g/mol. The molecule has 0 spiro atoms. The van der Waals surface area contributed by atoms with Gasteiger partial charge in [-0.3, -0.25) is 0 Å². The van der Waals surface area contributed by atoms with Crippen molar-refractivity contribution in [2.75, 3.05) is 24.5 Å². The monoisotopic (exact) mass is 230 g/mol. The summed E-state index contributed by atoms with van der Waals surface area (Å²) in [5.74, 6) is 1.64. The molecule has 2 N–H and O–H groups in total. The van der Waals surface area contributed by atoms with Crippen LogP contribution in [0.15, 0.2) is 12.1 Å². The third-order valence-electron chi connectivity index (χ3n) is 3.46. The molecule has 1 aliphatic rings. The van der Waals surface area contributed by atoms with Crippen molar-refractivity contribution in [2.24, 2.45) is 11.7 Å². The Morgan fingerprint density at radius 1 is 1.47 bits per heavy atom. The summed E-state index contributed by atoms with van der Waals surface area (Å²) in [5.41, 5.74) is 7.15. The van der Waals surface area contributed by atoms with Gasteiger partial charge in [0.05, 0.1) is 11.3 Å². The van der Waals surface area contributed by atoms with E-state index in [0.29, 0.717) is 11.5 Å². The van der Waals surface area contributed by atoms with E-state index in [1.807, 2.05) is 19.1 Å². The highest BCUT2D eigenvalue weighted by atomic mass is 15.2. The summed E-state index contributed by atoms with van der Waals surface area (Å²) >= 11 is 0. The largest absolute Gasteiger partial charge is 0.357 e. The molecule has 0 aliphatic carbocycles. The standard InChI is InChI=1S/C13H18N4/c1-10-12(9-15)2-3-13(16-10)17-6-4-11(8-14)5-7-17/h2-3,11H,4-8,14H2,1H3. The minimum Gasteiger partial charge on any atom is -0.357 e. The van der Waals surface area contributed by atoms with Gasteiger partial charge >= 0.3 is 0 Å². The fourth-order valence-corrected chi connectivity index (χ4v) is 2.24. The summed E-state index contributed by atoms with van der Waals surface area (Å²) < 4.78 is 0. The predicted molar refractivity (Wildman–Crippen MR) is 67.7 cm³/mol. The Morgan fingerprint density at radius 3 is 2.71 bits per heavy atom. The van der Waals surface area contributed by atoms with E-state index in [2.05, 4.69) is 16.0 Å². The maximum Gasteiger partial charge on any atom is 0.128 e. The van der Waals surface area contributed by atoms with Crippen LogP contribution in [0.3, 0.4) is 0 Å². The Bertz CT molecular complexity index is 428. The van der Waals surface area contributed by atoms with Gasteiger partial charge < -0.3 is 10.6 Å². The van der Waals surface area contributed by atoms with Crippen LogP contribution in [0.1, 0.15) is 24.1 Å². The van der Waals surface area contributed by atoms with Crippen LogP contribution < -0.4 is 10.6 Å². The minimum absolute atomic E-state index is 0.658. The van der Waals surface area contributed by atoms with Gasteiger partial charge in [0.15, 0.2) is 0 Å². The van der Waals surface area contributed by atoms with Crippen LogP contribution in [0.2, 0.25) is 0 Å². The molecule has 17 heavy (non-hydrogen) atoms. The molecule has 4 nitrogen and oxygen atoms in total. The molecule has 1 fully saturated rings. The van der Waals surface area contributed by atoms with E-state index in [4.69, 9.17) is 11.0 Å². The maximum atomic E-state index is 8.87. The fourth-order valence-electron chi connectivity index (χ4n) is 2.24. The number of pyridine rings is 1. The van der Waals surface area contributed by atoms with Gasteiger partial charge in [0.25, 0.3) is 0 Å². The van der Waals surface area contributed by atoms with Crippen LogP contribution in [0, 0.1) is 24.2 Å². The molecule has 2 rings (SSSR count). The van der Waals surface area contributed by atoms with Gasteiger partial charge in [-0.1, -0.05) is 0 Å². The van der Waals surface area contributed by atoms with Gasteiger partial charge in [-0.25, -0.2) is 4.98 Å². The highest BCUT2D eigenvalue weighted by molar-refractivity contribution is 5.45. The van der Waals surface area contributed by atoms with Crippen molar-refractivity contribution in [2.45, 2.75) is 19.8 Å². The number of anilines is 1. The molecule has 0 aromatic carbocycles. The van der Waals surface area contributed by atoms with E-state index < -0.39 is 0 Å². The van der Waals surface area contributed by atoms with Gasteiger partial charge in [-0.15, -0.1) is 0 Å². The van der Waals surface area contributed by atoms with E-state index in [1.165, 1.54) is 0 Å². The zero-order chi connectivity index (χ0) is 12.3. The average Bonchev–Trinajstić information content (AvgIpc) is 2.39. The molecule has 1 saturated heterocycles. The first-order valence-corrected chi connectivity index (χ1v) is 6.07. The highest BCUT2D eigenvalue weighted by Gasteiger charge is 2.19. The minimum atomic E-state index is 0.658. The number of hydrogen-bond donors (Lipinski definition) is 1. The van der Waals surface area contributed by atoms with Crippen molar-refractivity contribution in [3.63, 3.8) is 0 Å². The number of piperidine rings is 1. The van der Waals surface area contributed by atoms with Gasteiger partial charge in [-0.2, -0.15) is 5.26 Å². The van der Waals surface area contributed by atoms with Crippen molar-refractivity contribution < 1.29 is 0 Å². The van der Waals surface area contributed by atoms with Gasteiger partial charge in [-0.05, 0) is 44.4 Å². The van der Waals surface area contributed by atoms with Crippen molar-refractivity contribution in [1.82, 2.24) is 4.98 Å². The van der Waals surface area contributed by atoms with Crippen molar-refractivity contribution in [3.8, 4) is 6.07 Å². The zero-order valence-electron chi connectivity index (χ0n) is 10.2. The van der Waals surface area contributed by atoms with E-state index in [0.717, 1.165) is 44.0 Å². The Labute approximate surface area is 102 Å². The van der Waals surface area contributed by atoms with Gasteiger partial charge in [0, 0.05) is 13.1 Å². The van der Waals surface area contributed by atoms with Crippen molar-refractivity contribution in [3.05, 3.63) is 23.4 Å². The molecule has 0 amide bonds. The van der Waals surface area contributed by atoms with E-state index in [1.54, 1.807) is 0 Å². The van der Waals surface area contributed by atoms with Crippen LogP contribution >= 0.6 is 0 Å². The molecule has 0 radical (unpaired) electrons. The van der Waals surface area contributed by atoms with Crippen LogP contribution in [-0.4, -0.2) is 24.6 Å². The molecule has 4 heteroatoms. The van der Waals surface area contributed by atoms with Crippen LogP contribution in [-0.2, 0) is 0 Å². The van der Waals surface area contributed by atoms with E-state index >= 15 is 0 Å². The number of hydrogen-bond acceptors (Lipinski definition) is 4. The van der Waals surface area contributed by atoms with Crippen LogP contribution in [0.25, 0.3) is 0 Å². The van der Waals surface area contributed by atoms with Crippen LogP contribution in [0.4, 0.5) is 5.82 Å². The Morgan fingerprint density at radius 2 is 2.18 bits per heavy atom. The zero-order valence-corrected chi connectivity index (χ0v) is 10.2. The molecule has 0 saturated carbocycles. The number of nitriles is 1. The van der Waals surface area contributed by atoms with Crippen LogP contribution in [0.5, 0.6) is 0 Å². The lowest BCUT2D eigenvalue weighted by Crippen LogP contribution is -2.36. The molecule has 90 valence electrons. The lowest BCUT2D eigenvalue weighted by Gasteiger charge is -2.32. The van der Waals surface area contributed by atoms with E-state index in [9.17, 15) is 0 Å². The second-order valence-corrected chi connectivity index (χ2v) is 4.58. The lowest BCUT2D eigenvalue weighted by molar-refractivity contribution is 0.413. The Kier molecular flexibility index (Phi) is 3.60. The maximum absolute atomic E-state index is 8.87. The molecular formula is C13H18N4. The lowest BCUT2D eigenvalue weighted by atomic mass is 9.97. The summed E-state index contributed by atoms with van der Waals surface area (Å²) in [6.45, 7) is 4.70. The third-order valence-corrected chi connectivity index (χ3v) is 3.46. The summed E-state index contributed by atoms with van der Waals surface area (Å²) in [7, 11) is 0. The molecule has 0 unspecified atom stereocenters. The molecule has 1 aromatic rings. The Hall–Kier alpha value is -1.60. The fraction of sp³-hybridized carbons (Fsp3) is 0.538.